The van der Waals surface area contributed by atoms with Crippen molar-refractivity contribution < 1.29 is 8.42 Å². The molecule has 0 aromatic carbocycles. The lowest BCUT2D eigenvalue weighted by Gasteiger charge is -2.25. The minimum atomic E-state index is -3.22. The van der Waals surface area contributed by atoms with E-state index in [1.807, 2.05) is 13.8 Å². The van der Waals surface area contributed by atoms with E-state index in [0.717, 1.165) is 25.0 Å². The largest absolute Gasteiger partial charge is 0.367 e. The van der Waals surface area contributed by atoms with Crippen LogP contribution in [0.2, 0.25) is 0 Å². The molecule has 104 valence electrons. The molecule has 0 aliphatic rings. The molecule has 1 aromatic heterocycles. The van der Waals surface area contributed by atoms with Gasteiger partial charge >= 0.3 is 0 Å². The molecule has 8 heteroatoms. The Hall–Kier alpha value is -1.15. The molecule has 0 saturated carbocycles. The highest BCUT2D eigenvalue weighted by atomic mass is 32.2. The third-order valence-corrected chi connectivity index (χ3v) is 3.15. The fourth-order valence-corrected chi connectivity index (χ4v) is 2.70. The van der Waals surface area contributed by atoms with Gasteiger partial charge in [-0.3, -0.25) is 0 Å². The van der Waals surface area contributed by atoms with Crippen LogP contribution in [0.15, 0.2) is 6.20 Å². The highest BCUT2D eigenvalue weighted by molar-refractivity contribution is 7.88. The van der Waals surface area contributed by atoms with Crippen LogP contribution in [0, 0.1) is 0 Å². The van der Waals surface area contributed by atoms with Gasteiger partial charge in [0.2, 0.25) is 10.0 Å². The van der Waals surface area contributed by atoms with Gasteiger partial charge in [-0.05, 0) is 20.3 Å². The maximum Gasteiger partial charge on any atom is 0.209 e. The second kappa shape index (κ2) is 5.66. The second-order valence-corrected chi connectivity index (χ2v) is 6.70. The van der Waals surface area contributed by atoms with E-state index in [1.165, 1.54) is 0 Å². The van der Waals surface area contributed by atoms with Crippen LogP contribution in [-0.2, 0) is 16.6 Å². The number of rotatable bonds is 7. The molecular formula is C10H21N5O2S. The SMILES string of the molecule is CCCn1nncc1NCC(C)(C)NS(C)(=O)=O. The highest BCUT2D eigenvalue weighted by Crippen LogP contribution is 2.09. The van der Waals surface area contributed by atoms with Crippen LogP contribution < -0.4 is 10.0 Å². The van der Waals surface area contributed by atoms with Gasteiger partial charge in [-0.15, -0.1) is 5.10 Å². The van der Waals surface area contributed by atoms with E-state index in [4.69, 9.17) is 0 Å². The summed E-state index contributed by atoms with van der Waals surface area (Å²) in [7, 11) is -3.22. The number of sulfonamides is 1. The van der Waals surface area contributed by atoms with Crippen LogP contribution in [0.1, 0.15) is 27.2 Å². The summed E-state index contributed by atoms with van der Waals surface area (Å²) >= 11 is 0. The Morgan fingerprint density at radius 3 is 2.67 bits per heavy atom. The summed E-state index contributed by atoms with van der Waals surface area (Å²) < 4.78 is 26.7. The average molecular weight is 275 g/mol. The lowest BCUT2D eigenvalue weighted by atomic mass is 10.1. The van der Waals surface area contributed by atoms with Gasteiger partial charge in [-0.2, -0.15) is 0 Å². The molecule has 0 unspecified atom stereocenters. The Morgan fingerprint density at radius 1 is 1.44 bits per heavy atom. The topological polar surface area (TPSA) is 88.9 Å². The molecule has 7 nitrogen and oxygen atoms in total. The van der Waals surface area contributed by atoms with E-state index >= 15 is 0 Å². The van der Waals surface area contributed by atoms with Crippen LogP contribution in [0.25, 0.3) is 0 Å². The predicted molar refractivity (Wildman–Crippen MR) is 70.9 cm³/mol. The first-order chi connectivity index (χ1) is 8.23. The van der Waals surface area contributed by atoms with E-state index in [0.29, 0.717) is 6.54 Å². The fraction of sp³-hybridized carbons (Fsp3) is 0.800. The van der Waals surface area contributed by atoms with Crippen LogP contribution in [0.3, 0.4) is 0 Å². The standard InChI is InChI=1S/C10H21N5O2S/c1-5-6-15-9(7-12-14-15)11-8-10(2,3)13-18(4,16)17/h7,11,13H,5-6,8H2,1-4H3. The number of aromatic nitrogens is 3. The number of nitrogens with one attached hydrogen (secondary N) is 2. The van der Waals surface area contributed by atoms with Crippen LogP contribution in [0.4, 0.5) is 5.82 Å². The molecule has 0 fully saturated rings. The molecule has 1 aromatic rings. The zero-order valence-corrected chi connectivity index (χ0v) is 12.1. The Bertz CT molecular complexity index is 480. The molecule has 1 rings (SSSR count). The van der Waals surface area contributed by atoms with Gasteiger partial charge in [0.25, 0.3) is 0 Å². The highest BCUT2D eigenvalue weighted by Gasteiger charge is 2.22. The monoisotopic (exact) mass is 275 g/mol. The van der Waals surface area contributed by atoms with Crippen molar-refractivity contribution in [3.8, 4) is 0 Å². The molecule has 0 radical (unpaired) electrons. The van der Waals surface area contributed by atoms with E-state index in [2.05, 4.69) is 27.3 Å². The fourth-order valence-electron chi connectivity index (χ4n) is 1.62. The van der Waals surface area contributed by atoms with Gasteiger partial charge < -0.3 is 5.32 Å². The van der Waals surface area contributed by atoms with Crippen LogP contribution >= 0.6 is 0 Å². The molecule has 0 aliphatic heterocycles. The summed E-state index contributed by atoms with van der Waals surface area (Å²) in [6, 6.07) is 0. The molecule has 2 N–H and O–H groups in total. The first-order valence-corrected chi connectivity index (χ1v) is 7.74. The summed E-state index contributed by atoms with van der Waals surface area (Å²) in [5.74, 6) is 0.792. The van der Waals surface area contributed by atoms with Gasteiger partial charge in [0, 0.05) is 18.6 Å². The summed E-state index contributed by atoms with van der Waals surface area (Å²) in [4.78, 5) is 0. The Morgan fingerprint density at radius 2 is 2.11 bits per heavy atom. The Labute approximate surface area is 108 Å². The number of aryl methyl sites for hydroxylation is 1. The third kappa shape index (κ3) is 5.01. The van der Waals surface area contributed by atoms with Gasteiger partial charge in [0.05, 0.1) is 12.5 Å². The van der Waals surface area contributed by atoms with Crippen molar-refractivity contribution in [1.82, 2.24) is 19.7 Å². The van der Waals surface area contributed by atoms with Crippen molar-refractivity contribution in [3.63, 3.8) is 0 Å². The predicted octanol–water partition coefficient (Wildman–Crippen LogP) is 0.428. The zero-order chi connectivity index (χ0) is 13.8. The lowest BCUT2D eigenvalue weighted by molar-refractivity contribution is 0.473. The third-order valence-electron chi connectivity index (χ3n) is 2.23. The normalized spacial score (nSPS) is 12.7. The Balaban J connectivity index is 2.61. The van der Waals surface area contributed by atoms with Crippen LogP contribution in [-0.4, -0.2) is 41.8 Å². The average Bonchev–Trinajstić information content (AvgIpc) is 2.59. The molecule has 0 bridgehead atoms. The molecule has 0 aliphatic carbocycles. The van der Waals surface area contributed by atoms with E-state index in [1.54, 1.807) is 10.9 Å². The maximum atomic E-state index is 11.2. The number of hydrogen-bond acceptors (Lipinski definition) is 5. The van der Waals surface area contributed by atoms with Crippen molar-refractivity contribution in [2.24, 2.45) is 0 Å². The second-order valence-electron chi connectivity index (χ2n) is 4.95. The zero-order valence-electron chi connectivity index (χ0n) is 11.3. The number of hydrogen-bond donors (Lipinski definition) is 2. The number of nitrogens with zero attached hydrogens (tertiary/aromatic N) is 3. The summed E-state index contributed by atoms with van der Waals surface area (Å²) in [5.41, 5.74) is -0.575. The van der Waals surface area contributed by atoms with E-state index in [-0.39, 0.29) is 0 Å². The van der Waals surface area contributed by atoms with E-state index < -0.39 is 15.6 Å². The number of anilines is 1. The Kier molecular flexibility index (Phi) is 4.69. The smallest absolute Gasteiger partial charge is 0.209 e. The first kappa shape index (κ1) is 14.9. The maximum absolute atomic E-state index is 11.2. The molecule has 0 saturated heterocycles. The van der Waals surface area contributed by atoms with Crippen molar-refractivity contribution in [2.45, 2.75) is 39.3 Å². The van der Waals surface area contributed by atoms with Crippen molar-refractivity contribution >= 4 is 15.8 Å². The summed E-state index contributed by atoms with van der Waals surface area (Å²) in [5, 5.41) is 10.9. The molecular weight excluding hydrogens is 254 g/mol. The minimum absolute atomic E-state index is 0.456. The van der Waals surface area contributed by atoms with Crippen molar-refractivity contribution in [3.05, 3.63) is 6.20 Å². The lowest BCUT2D eigenvalue weighted by Crippen LogP contribution is -2.47. The molecule has 0 amide bonds. The molecule has 0 atom stereocenters. The van der Waals surface area contributed by atoms with Gasteiger partial charge in [-0.25, -0.2) is 17.8 Å². The minimum Gasteiger partial charge on any atom is -0.367 e. The van der Waals surface area contributed by atoms with Crippen molar-refractivity contribution in [2.75, 3.05) is 18.1 Å². The van der Waals surface area contributed by atoms with Gasteiger partial charge in [0.1, 0.15) is 5.82 Å². The van der Waals surface area contributed by atoms with Crippen molar-refractivity contribution in [1.29, 1.82) is 0 Å². The molecule has 1 heterocycles. The van der Waals surface area contributed by atoms with Crippen LogP contribution in [0.5, 0.6) is 0 Å². The molecule has 0 spiro atoms. The van der Waals surface area contributed by atoms with Gasteiger partial charge in [0.15, 0.2) is 0 Å². The summed E-state index contributed by atoms with van der Waals surface area (Å²) in [6.07, 6.45) is 3.74. The first-order valence-electron chi connectivity index (χ1n) is 5.85. The van der Waals surface area contributed by atoms with Gasteiger partial charge in [-0.1, -0.05) is 12.1 Å². The quantitative estimate of drug-likeness (QED) is 0.753. The molecule has 18 heavy (non-hydrogen) atoms. The summed E-state index contributed by atoms with van der Waals surface area (Å²) in [6.45, 7) is 6.92. The van der Waals surface area contributed by atoms with E-state index in [9.17, 15) is 8.42 Å².